The number of rotatable bonds is 5. The van der Waals surface area contributed by atoms with E-state index in [1.165, 1.54) is 0 Å². The van der Waals surface area contributed by atoms with Crippen molar-refractivity contribution in [2.45, 2.75) is 18.3 Å². The zero-order valence-corrected chi connectivity index (χ0v) is 11.7. The SMILES string of the molecule is N#C[C@H](c1ccccc1)[C@@H](CCO)c1cccnc1Cl. The van der Waals surface area contributed by atoms with Crippen LogP contribution in [0.25, 0.3) is 0 Å². The van der Waals surface area contributed by atoms with E-state index in [4.69, 9.17) is 11.6 Å². The first-order valence-electron chi connectivity index (χ1n) is 6.43. The Morgan fingerprint density at radius 1 is 1.20 bits per heavy atom. The van der Waals surface area contributed by atoms with E-state index in [0.29, 0.717) is 11.6 Å². The third-order valence-electron chi connectivity index (χ3n) is 3.33. The van der Waals surface area contributed by atoms with Gasteiger partial charge in [0.1, 0.15) is 5.15 Å². The molecule has 4 heteroatoms. The minimum atomic E-state index is -0.356. The van der Waals surface area contributed by atoms with Crippen LogP contribution < -0.4 is 0 Å². The molecule has 0 aliphatic rings. The lowest BCUT2D eigenvalue weighted by atomic mass is 9.81. The summed E-state index contributed by atoms with van der Waals surface area (Å²) < 4.78 is 0. The highest BCUT2D eigenvalue weighted by Gasteiger charge is 2.26. The fraction of sp³-hybridized carbons (Fsp3) is 0.250. The van der Waals surface area contributed by atoms with E-state index in [2.05, 4.69) is 11.1 Å². The van der Waals surface area contributed by atoms with E-state index in [1.54, 1.807) is 12.3 Å². The second-order valence-corrected chi connectivity index (χ2v) is 4.88. The topological polar surface area (TPSA) is 56.9 Å². The van der Waals surface area contributed by atoms with Crippen molar-refractivity contribution >= 4 is 11.6 Å². The molecule has 0 aliphatic carbocycles. The van der Waals surface area contributed by atoms with E-state index >= 15 is 0 Å². The van der Waals surface area contributed by atoms with Crippen LogP contribution in [0, 0.1) is 11.3 Å². The predicted molar refractivity (Wildman–Crippen MR) is 78.5 cm³/mol. The van der Waals surface area contributed by atoms with E-state index < -0.39 is 0 Å². The molecule has 0 fully saturated rings. The Hall–Kier alpha value is -1.89. The van der Waals surface area contributed by atoms with Gasteiger partial charge in [0.15, 0.2) is 0 Å². The van der Waals surface area contributed by atoms with Gasteiger partial charge in [-0.15, -0.1) is 0 Å². The highest BCUT2D eigenvalue weighted by atomic mass is 35.5. The number of nitrogens with zero attached hydrogens (tertiary/aromatic N) is 2. The molecule has 1 heterocycles. The molecule has 20 heavy (non-hydrogen) atoms. The van der Waals surface area contributed by atoms with Crippen LogP contribution in [0.15, 0.2) is 48.7 Å². The number of benzene rings is 1. The molecule has 0 bridgehead atoms. The maximum Gasteiger partial charge on any atom is 0.132 e. The molecule has 3 nitrogen and oxygen atoms in total. The summed E-state index contributed by atoms with van der Waals surface area (Å²) in [6, 6.07) is 15.5. The van der Waals surface area contributed by atoms with E-state index in [-0.39, 0.29) is 18.4 Å². The van der Waals surface area contributed by atoms with Gasteiger partial charge in [0.25, 0.3) is 0 Å². The maximum absolute atomic E-state index is 9.53. The van der Waals surface area contributed by atoms with Gasteiger partial charge in [-0.3, -0.25) is 0 Å². The number of hydrogen-bond acceptors (Lipinski definition) is 3. The summed E-state index contributed by atoms with van der Waals surface area (Å²) in [5, 5.41) is 19.2. The van der Waals surface area contributed by atoms with Crippen LogP contribution >= 0.6 is 11.6 Å². The van der Waals surface area contributed by atoms with Gasteiger partial charge in [-0.05, 0) is 23.6 Å². The molecule has 2 aromatic rings. The quantitative estimate of drug-likeness (QED) is 0.856. The van der Waals surface area contributed by atoms with Crippen LogP contribution in [0.2, 0.25) is 5.15 Å². The zero-order chi connectivity index (χ0) is 14.4. The first-order valence-corrected chi connectivity index (χ1v) is 6.81. The fourth-order valence-corrected chi connectivity index (χ4v) is 2.63. The summed E-state index contributed by atoms with van der Waals surface area (Å²) in [7, 11) is 0. The molecular weight excluding hydrogens is 272 g/mol. The minimum Gasteiger partial charge on any atom is -0.396 e. The van der Waals surface area contributed by atoms with Gasteiger partial charge < -0.3 is 5.11 Å². The lowest BCUT2D eigenvalue weighted by Crippen LogP contribution is -2.12. The summed E-state index contributed by atoms with van der Waals surface area (Å²) in [5.74, 6) is -0.529. The summed E-state index contributed by atoms with van der Waals surface area (Å²) >= 11 is 6.14. The Bertz CT molecular complexity index is 595. The van der Waals surface area contributed by atoms with Crippen molar-refractivity contribution in [1.82, 2.24) is 4.98 Å². The Balaban J connectivity index is 2.42. The molecule has 0 unspecified atom stereocenters. The molecule has 0 saturated carbocycles. The highest BCUT2D eigenvalue weighted by molar-refractivity contribution is 6.30. The first kappa shape index (κ1) is 14.5. The highest BCUT2D eigenvalue weighted by Crippen LogP contribution is 2.37. The Morgan fingerprint density at radius 2 is 1.95 bits per heavy atom. The van der Waals surface area contributed by atoms with E-state index in [9.17, 15) is 10.4 Å². The number of nitriles is 1. The van der Waals surface area contributed by atoms with Gasteiger partial charge in [-0.1, -0.05) is 48.0 Å². The van der Waals surface area contributed by atoms with Crippen molar-refractivity contribution in [3.05, 3.63) is 64.9 Å². The van der Waals surface area contributed by atoms with Crippen molar-refractivity contribution < 1.29 is 5.11 Å². The van der Waals surface area contributed by atoms with E-state index in [0.717, 1.165) is 11.1 Å². The van der Waals surface area contributed by atoms with E-state index in [1.807, 2.05) is 36.4 Å². The number of aromatic nitrogens is 1. The second-order valence-electron chi connectivity index (χ2n) is 4.52. The molecule has 1 N–H and O–H groups in total. The van der Waals surface area contributed by atoms with Crippen LogP contribution in [0.5, 0.6) is 0 Å². The number of aliphatic hydroxyl groups excluding tert-OH is 1. The molecule has 2 rings (SSSR count). The molecule has 2 atom stereocenters. The molecule has 102 valence electrons. The van der Waals surface area contributed by atoms with Gasteiger partial charge in [-0.25, -0.2) is 4.98 Å². The minimum absolute atomic E-state index is 0.000896. The van der Waals surface area contributed by atoms with Gasteiger partial charge in [0.05, 0.1) is 12.0 Å². The smallest absolute Gasteiger partial charge is 0.132 e. The predicted octanol–water partition coefficient (Wildman–Crippen LogP) is 3.51. The normalized spacial score (nSPS) is 13.4. The molecular formula is C16H15ClN2O. The first-order chi connectivity index (χ1) is 9.77. The monoisotopic (exact) mass is 286 g/mol. The van der Waals surface area contributed by atoms with Crippen molar-refractivity contribution in [1.29, 1.82) is 5.26 Å². The average Bonchev–Trinajstić information content (AvgIpc) is 2.49. The Labute approximate surface area is 123 Å². The molecule has 0 saturated heterocycles. The largest absolute Gasteiger partial charge is 0.396 e. The lowest BCUT2D eigenvalue weighted by Gasteiger charge is -2.22. The van der Waals surface area contributed by atoms with Gasteiger partial charge in [-0.2, -0.15) is 5.26 Å². The number of aliphatic hydroxyl groups is 1. The summed E-state index contributed by atoms with van der Waals surface area (Å²) in [6.07, 6.45) is 2.09. The Morgan fingerprint density at radius 3 is 2.55 bits per heavy atom. The average molecular weight is 287 g/mol. The summed E-state index contributed by atoms with van der Waals surface area (Å²) in [4.78, 5) is 4.07. The third-order valence-corrected chi connectivity index (χ3v) is 3.64. The Kier molecular flexibility index (Phi) is 5.11. The molecule has 1 aromatic heterocycles. The third kappa shape index (κ3) is 3.16. The van der Waals surface area contributed by atoms with Crippen molar-refractivity contribution in [3.8, 4) is 6.07 Å². The molecule has 0 amide bonds. The van der Waals surface area contributed by atoms with Crippen LogP contribution in [-0.4, -0.2) is 16.7 Å². The number of hydrogen-bond donors (Lipinski definition) is 1. The second kappa shape index (κ2) is 7.04. The van der Waals surface area contributed by atoms with Crippen LogP contribution in [-0.2, 0) is 0 Å². The standard InChI is InChI=1S/C16H15ClN2O/c17-16-14(7-4-9-19-16)13(8-10-20)15(11-18)12-5-2-1-3-6-12/h1-7,9,13,15,20H,8,10H2/t13-,15+/m0/s1. The molecule has 1 aromatic carbocycles. The number of pyridine rings is 1. The van der Waals surface area contributed by atoms with Crippen molar-refractivity contribution in [3.63, 3.8) is 0 Å². The zero-order valence-electron chi connectivity index (χ0n) is 10.9. The number of halogens is 1. The van der Waals surface area contributed by atoms with Crippen LogP contribution in [0.1, 0.15) is 29.4 Å². The molecule has 0 aliphatic heterocycles. The van der Waals surface area contributed by atoms with Crippen LogP contribution in [0.4, 0.5) is 0 Å². The van der Waals surface area contributed by atoms with Crippen molar-refractivity contribution in [2.24, 2.45) is 0 Å². The van der Waals surface area contributed by atoms with Crippen LogP contribution in [0.3, 0.4) is 0 Å². The fourth-order valence-electron chi connectivity index (χ4n) is 2.37. The van der Waals surface area contributed by atoms with Gasteiger partial charge in [0.2, 0.25) is 0 Å². The molecule has 0 spiro atoms. The molecule has 0 radical (unpaired) electrons. The summed E-state index contributed by atoms with van der Waals surface area (Å²) in [5.41, 5.74) is 1.73. The van der Waals surface area contributed by atoms with Gasteiger partial charge >= 0.3 is 0 Å². The lowest BCUT2D eigenvalue weighted by molar-refractivity contribution is 0.272. The van der Waals surface area contributed by atoms with Gasteiger partial charge in [0, 0.05) is 18.7 Å². The summed E-state index contributed by atoms with van der Waals surface area (Å²) in [6.45, 7) is 0.000896. The maximum atomic E-state index is 9.53. The van der Waals surface area contributed by atoms with Crippen molar-refractivity contribution in [2.75, 3.05) is 6.61 Å².